The van der Waals surface area contributed by atoms with Crippen molar-refractivity contribution in [3.05, 3.63) is 0 Å². The number of hydrogen-bond donors (Lipinski definition) is 2. The summed E-state index contributed by atoms with van der Waals surface area (Å²) in [6.07, 6.45) is 4.92. The van der Waals surface area contributed by atoms with Gasteiger partial charge in [-0.05, 0) is 12.8 Å². The minimum absolute atomic E-state index is 0.343. The first-order valence-electron chi connectivity index (χ1n) is 6.38. The average molecular weight is 257 g/mol. The lowest BCUT2D eigenvalue weighted by molar-refractivity contribution is -0.130. The Hall–Kier alpha value is -1.59. The molecule has 0 rings (SSSR count). The molecule has 0 aromatic rings. The van der Waals surface area contributed by atoms with Crippen LogP contribution in [0.4, 0.5) is 9.59 Å². The highest BCUT2D eigenvalue weighted by molar-refractivity contribution is 6.09. The molecule has 4 N–H and O–H groups in total. The highest BCUT2D eigenvalue weighted by Crippen LogP contribution is 2.19. The van der Waals surface area contributed by atoms with Gasteiger partial charge in [0.25, 0.3) is 0 Å². The van der Waals surface area contributed by atoms with Gasteiger partial charge in [0.05, 0.1) is 0 Å². The Bertz CT molecular complexity index is 283. The number of unbranched alkanes of at least 4 members (excludes halogenated alkanes) is 2. The molecule has 0 radical (unpaired) electrons. The number of imide groups is 3. The van der Waals surface area contributed by atoms with Crippen molar-refractivity contribution in [2.75, 3.05) is 0 Å². The summed E-state index contributed by atoms with van der Waals surface area (Å²) in [5.74, 6) is -0.929. The highest BCUT2D eigenvalue weighted by atomic mass is 16.2. The standard InChI is InChI=1S/C12H23N3O3/c1-3-5-7-9(8-6-4-2)10(16)15(11(13)17)12(14)18/h9H,3-8H2,1-2H3,(H2,13,17)(H2,14,18). The number of urea groups is 2. The van der Waals surface area contributed by atoms with E-state index < -0.39 is 18.0 Å². The van der Waals surface area contributed by atoms with Gasteiger partial charge in [0, 0.05) is 5.92 Å². The van der Waals surface area contributed by atoms with E-state index in [4.69, 9.17) is 11.5 Å². The second kappa shape index (κ2) is 8.49. The summed E-state index contributed by atoms with van der Waals surface area (Å²) in [4.78, 5) is 34.5. The van der Waals surface area contributed by atoms with Crippen molar-refractivity contribution < 1.29 is 14.4 Å². The zero-order valence-corrected chi connectivity index (χ0v) is 11.1. The lowest BCUT2D eigenvalue weighted by Gasteiger charge is -2.21. The Morgan fingerprint density at radius 1 is 0.944 bits per heavy atom. The average Bonchev–Trinajstić information content (AvgIpc) is 2.28. The summed E-state index contributed by atoms with van der Waals surface area (Å²) in [5, 5.41) is 0. The molecule has 5 amide bonds. The minimum Gasteiger partial charge on any atom is -0.351 e. The molecule has 0 atom stereocenters. The molecule has 0 aromatic carbocycles. The molecule has 0 fully saturated rings. The van der Waals surface area contributed by atoms with Crippen LogP contribution in [-0.2, 0) is 4.79 Å². The maximum Gasteiger partial charge on any atom is 0.329 e. The van der Waals surface area contributed by atoms with Crippen molar-refractivity contribution in [1.29, 1.82) is 0 Å². The van der Waals surface area contributed by atoms with E-state index >= 15 is 0 Å². The molecule has 0 spiro atoms. The smallest absolute Gasteiger partial charge is 0.329 e. The quantitative estimate of drug-likeness (QED) is 0.728. The molecule has 18 heavy (non-hydrogen) atoms. The predicted molar refractivity (Wildman–Crippen MR) is 68.6 cm³/mol. The fourth-order valence-electron chi connectivity index (χ4n) is 1.80. The van der Waals surface area contributed by atoms with Crippen molar-refractivity contribution in [1.82, 2.24) is 4.90 Å². The number of hydrogen-bond acceptors (Lipinski definition) is 3. The van der Waals surface area contributed by atoms with Gasteiger partial charge in [0.2, 0.25) is 5.91 Å². The molecular formula is C12H23N3O3. The molecule has 0 bridgehead atoms. The van der Waals surface area contributed by atoms with Gasteiger partial charge in [-0.3, -0.25) is 4.79 Å². The third kappa shape index (κ3) is 5.16. The van der Waals surface area contributed by atoms with Crippen LogP contribution in [0.3, 0.4) is 0 Å². The summed E-state index contributed by atoms with van der Waals surface area (Å²) < 4.78 is 0. The van der Waals surface area contributed by atoms with E-state index in [9.17, 15) is 14.4 Å². The lowest BCUT2D eigenvalue weighted by atomic mass is 9.94. The van der Waals surface area contributed by atoms with Crippen LogP contribution in [0.5, 0.6) is 0 Å². The molecule has 6 heteroatoms. The third-order valence-corrected chi connectivity index (χ3v) is 2.82. The molecular weight excluding hydrogens is 234 g/mol. The molecule has 104 valence electrons. The Morgan fingerprint density at radius 2 is 1.33 bits per heavy atom. The maximum absolute atomic E-state index is 12.1. The predicted octanol–water partition coefficient (Wildman–Crippen LogP) is 1.97. The van der Waals surface area contributed by atoms with Crippen LogP contribution in [0.1, 0.15) is 52.4 Å². The highest BCUT2D eigenvalue weighted by Gasteiger charge is 2.30. The van der Waals surface area contributed by atoms with Crippen molar-refractivity contribution in [2.24, 2.45) is 17.4 Å². The van der Waals surface area contributed by atoms with Crippen LogP contribution in [-0.4, -0.2) is 22.9 Å². The second-order valence-corrected chi connectivity index (χ2v) is 4.33. The van der Waals surface area contributed by atoms with Crippen LogP contribution in [0.15, 0.2) is 0 Å². The molecule has 0 saturated heterocycles. The molecule has 0 aromatic heterocycles. The fourth-order valence-corrected chi connectivity index (χ4v) is 1.80. The number of rotatable bonds is 7. The largest absolute Gasteiger partial charge is 0.351 e. The number of nitrogens with zero attached hydrogens (tertiary/aromatic N) is 1. The van der Waals surface area contributed by atoms with Gasteiger partial charge in [-0.25, -0.2) is 9.59 Å². The fraction of sp³-hybridized carbons (Fsp3) is 0.750. The van der Waals surface area contributed by atoms with Gasteiger partial charge < -0.3 is 11.5 Å². The van der Waals surface area contributed by atoms with Gasteiger partial charge in [-0.2, -0.15) is 4.90 Å². The number of amides is 5. The summed E-state index contributed by atoms with van der Waals surface area (Å²) >= 11 is 0. The van der Waals surface area contributed by atoms with E-state index in [0.717, 1.165) is 25.7 Å². The molecule has 6 nitrogen and oxygen atoms in total. The second-order valence-electron chi connectivity index (χ2n) is 4.33. The number of carbonyl (C=O) groups is 3. The summed E-state index contributed by atoms with van der Waals surface area (Å²) in [6, 6.07) is -2.21. The zero-order chi connectivity index (χ0) is 14.1. The first-order valence-corrected chi connectivity index (χ1v) is 6.38. The van der Waals surface area contributed by atoms with Gasteiger partial charge >= 0.3 is 12.1 Å². The van der Waals surface area contributed by atoms with E-state index in [1.54, 1.807) is 0 Å². The van der Waals surface area contributed by atoms with Crippen LogP contribution in [0.25, 0.3) is 0 Å². The normalized spacial score (nSPS) is 10.4. The topological polar surface area (TPSA) is 106 Å². The maximum atomic E-state index is 12.1. The van der Waals surface area contributed by atoms with Crippen LogP contribution >= 0.6 is 0 Å². The SMILES string of the molecule is CCCCC(CCCC)C(=O)N(C(N)=O)C(N)=O. The molecule has 0 aliphatic carbocycles. The Kier molecular flexibility index (Phi) is 7.74. The Balaban J connectivity index is 4.78. The summed E-state index contributed by atoms with van der Waals surface area (Å²) in [6.45, 7) is 4.03. The van der Waals surface area contributed by atoms with Crippen molar-refractivity contribution >= 4 is 18.0 Å². The Labute approximate surface area is 108 Å². The van der Waals surface area contributed by atoms with E-state index in [1.807, 2.05) is 13.8 Å². The van der Waals surface area contributed by atoms with E-state index in [2.05, 4.69) is 0 Å². The van der Waals surface area contributed by atoms with E-state index in [1.165, 1.54) is 0 Å². The van der Waals surface area contributed by atoms with Crippen LogP contribution in [0.2, 0.25) is 0 Å². The first kappa shape index (κ1) is 16.4. The molecule has 0 aliphatic heterocycles. The van der Waals surface area contributed by atoms with Crippen LogP contribution in [0, 0.1) is 5.92 Å². The number of carbonyl (C=O) groups excluding carboxylic acids is 3. The summed E-state index contributed by atoms with van der Waals surface area (Å²) in [7, 11) is 0. The van der Waals surface area contributed by atoms with Gasteiger partial charge in [0.15, 0.2) is 0 Å². The van der Waals surface area contributed by atoms with Crippen LogP contribution < -0.4 is 11.5 Å². The van der Waals surface area contributed by atoms with E-state index in [0.29, 0.717) is 17.7 Å². The van der Waals surface area contributed by atoms with Crippen molar-refractivity contribution in [3.63, 3.8) is 0 Å². The third-order valence-electron chi connectivity index (χ3n) is 2.82. The van der Waals surface area contributed by atoms with E-state index in [-0.39, 0.29) is 5.92 Å². The zero-order valence-electron chi connectivity index (χ0n) is 11.1. The minimum atomic E-state index is -1.11. The van der Waals surface area contributed by atoms with Gasteiger partial charge in [-0.15, -0.1) is 0 Å². The number of primary amides is 2. The molecule has 0 aliphatic rings. The summed E-state index contributed by atoms with van der Waals surface area (Å²) in [5.41, 5.74) is 10.00. The molecule has 0 unspecified atom stereocenters. The first-order chi connectivity index (χ1) is 8.45. The van der Waals surface area contributed by atoms with Gasteiger partial charge in [0.1, 0.15) is 0 Å². The molecule has 0 saturated carbocycles. The molecule has 0 heterocycles. The number of nitrogens with two attached hydrogens (primary N) is 2. The lowest BCUT2D eigenvalue weighted by Crippen LogP contribution is -2.50. The monoisotopic (exact) mass is 257 g/mol. The van der Waals surface area contributed by atoms with Crippen molar-refractivity contribution in [2.45, 2.75) is 52.4 Å². The van der Waals surface area contributed by atoms with Crippen molar-refractivity contribution in [3.8, 4) is 0 Å². The Morgan fingerprint density at radius 3 is 1.61 bits per heavy atom. The van der Waals surface area contributed by atoms with Gasteiger partial charge in [-0.1, -0.05) is 39.5 Å².